The van der Waals surface area contributed by atoms with Crippen LogP contribution >= 0.6 is 11.6 Å². The van der Waals surface area contributed by atoms with Gasteiger partial charge in [0.25, 0.3) is 5.91 Å². The molecule has 4 nitrogen and oxygen atoms in total. The first-order chi connectivity index (χ1) is 13.2. The van der Waals surface area contributed by atoms with Crippen molar-refractivity contribution in [1.82, 2.24) is 9.97 Å². The molecule has 0 unspecified atom stereocenters. The van der Waals surface area contributed by atoms with Crippen LogP contribution in [-0.2, 0) is 0 Å². The molecule has 0 spiro atoms. The first-order valence-electron chi connectivity index (χ1n) is 7.62. The molecule has 0 fully saturated rings. The van der Waals surface area contributed by atoms with Gasteiger partial charge >= 0.3 is 0 Å². The molecule has 1 aromatic heterocycles. The van der Waals surface area contributed by atoms with Gasteiger partial charge in [0.15, 0.2) is 17.5 Å². The normalized spacial score (nSPS) is 10.8. The molecule has 0 aliphatic rings. The summed E-state index contributed by atoms with van der Waals surface area (Å²) in [6.07, 6.45) is 1.88. The number of hydrogen-bond acceptors (Lipinski definition) is 3. The van der Waals surface area contributed by atoms with Crippen molar-refractivity contribution in [1.29, 1.82) is 0 Å². The summed E-state index contributed by atoms with van der Waals surface area (Å²) >= 11 is 5.67. The molecule has 2 aromatic carbocycles. The second-order valence-corrected chi connectivity index (χ2v) is 5.97. The predicted molar refractivity (Wildman–Crippen MR) is 91.4 cm³/mol. The standard InChI is InChI=1S/C18H9ClF5N3O/c1-7-15(22)13(14(19)17(24)16(7)23)10-5-26-11(6-25-10)27-18(28)12-8(20)3-2-4-9(12)21/h2-6H,1H3,(H,26,27,28). The molecule has 1 N–H and O–H groups in total. The highest BCUT2D eigenvalue weighted by atomic mass is 35.5. The lowest BCUT2D eigenvalue weighted by Gasteiger charge is -2.11. The van der Waals surface area contributed by atoms with Crippen LogP contribution in [0.25, 0.3) is 11.3 Å². The topological polar surface area (TPSA) is 54.9 Å². The van der Waals surface area contributed by atoms with E-state index >= 15 is 0 Å². The van der Waals surface area contributed by atoms with Crippen LogP contribution in [0.2, 0.25) is 5.02 Å². The molecule has 0 saturated heterocycles. The van der Waals surface area contributed by atoms with Crippen molar-refractivity contribution in [3.8, 4) is 11.3 Å². The number of nitrogens with zero attached hydrogens (tertiary/aromatic N) is 2. The first-order valence-corrected chi connectivity index (χ1v) is 8.00. The summed E-state index contributed by atoms with van der Waals surface area (Å²) in [4.78, 5) is 19.6. The molecule has 1 heterocycles. The molecule has 28 heavy (non-hydrogen) atoms. The number of carbonyl (C=O) groups excluding carboxylic acids is 1. The SMILES string of the molecule is Cc1c(F)c(F)c(Cl)c(-c2cnc(NC(=O)c3c(F)cccc3F)cn2)c1F. The number of halogens is 6. The Morgan fingerprint density at radius 2 is 1.61 bits per heavy atom. The van der Waals surface area contributed by atoms with Crippen molar-refractivity contribution >= 4 is 23.3 Å². The Hall–Kier alpha value is -3.07. The van der Waals surface area contributed by atoms with E-state index in [4.69, 9.17) is 11.6 Å². The van der Waals surface area contributed by atoms with Gasteiger partial charge in [-0.05, 0) is 19.1 Å². The summed E-state index contributed by atoms with van der Waals surface area (Å²) in [5.74, 6) is -7.47. The van der Waals surface area contributed by atoms with Gasteiger partial charge in [-0.3, -0.25) is 9.78 Å². The number of carbonyl (C=O) groups is 1. The van der Waals surface area contributed by atoms with Crippen LogP contribution in [0.5, 0.6) is 0 Å². The molecule has 10 heteroatoms. The molecule has 0 radical (unpaired) electrons. The number of rotatable bonds is 3. The van der Waals surface area contributed by atoms with E-state index in [2.05, 4.69) is 15.3 Å². The van der Waals surface area contributed by atoms with E-state index in [1.165, 1.54) is 0 Å². The Morgan fingerprint density at radius 3 is 2.18 bits per heavy atom. The molecule has 0 saturated carbocycles. The summed E-state index contributed by atoms with van der Waals surface area (Å²) in [5, 5.41) is 1.31. The summed E-state index contributed by atoms with van der Waals surface area (Å²) < 4.78 is 68.9. The Kier molecular flexibility index (Phi) is 5.28. The lowest BCUT2D eigenvalue weighted by molar-refractivity contribution is 0.101. The van der Waals surface area contributed by atoms with Crippen LogP contribution < -0.4 is 5.32 Å². The maximum atomic E-state index is 14.3. The monoisotopic (exact) mass is 413 g/mol. The maximum absolute atomic E-state index is 14.3. The summed E-state index contributed by atoms with van der Waals surface area (Å²) in [6, 6.07) is 2.91. The quantitative estimate of drug-likeness (QED) is 0.371. The maximum Gasteiger partial charge on any atom is 0.262 e. The van der Waals surface area contributed by atoms with E-state index in [-0.39, 0.29) is 11.5 Å². The second kappa shape index (κ2) is 7.51. The minimum absolute atomic E-state index is 0.216. The van der Waals surface area contributed by atoms with Crippen LogP contribution in [0.15, 0.2) is 30.6 Å². The summed E-state index contributed by atoms with van der Waals surface area (Å²) in [7, 11) is 0. The molecular weight excluding hydrogens is 405 g/mol. The molecule has 0 aliphatic carbocycles. The van der Waals surface area contributed by atoms with E-state index in [1.54, 1.807) is 0 Å². The van der Waals surface area contributed by atoms with E-state index in [9.17, 15) is 26.7 Å². The van der Waals surface area contributed by atoms with Crippen LogP contribution in [0.4, 0.5) is 27.8 Å². The highest BCUT2D eigenvalue weighted by Crippen LogP contribution is 2.35. The number of aromatic nitrogens is 2. The fraction of sp³-hybridized carbons (Fsp3) is 0.0556. The van der Waals surface area contributed by atoms with Gasteiger partial charge in [-0.2, -0.15) is 0 Å². The number of amides is 1. The molecular formula is C18H9ClF5N3O. The zero-order valence-corrected chi connectivity index (χ0v) is 14.7. The van der Waals surface area contributed by atoms with Gasteiger partial charge in [0.1, 0.15) is 23.0 Å². The Bertz CT molecular complexity index is 1040. The zero-order chi connectivity index (χ0) is 20.6. The fourth-order valence-corrected chi connectivity index (χ4v) is 2.65. The second-order valence-electron chi connectivity index (χ2n) is 5.59. The molecule has 3 aromatic rings. The van der Waals surface area contributed by atoms with Crippen molar-refractivity contribution in [2.24, 2.45) is 0 Å². The zero-order valence-electron chi connectivity index (χ0n) is 14.0. The molecule has 3 rings (SSSR count). The number of nitrogens with one attached hydrogen (secondary N) is 1. The first kappa shape index (κ1) is 19.7. The van der Waals surface area contributed by atoms with Gasteiger partial charge in [-0.1, -0.05) is 17.7 Å². The van der Waals surface area contributed by atoms with Crippen molar-refractivity contribution < 1.29 is 26.7 Å². The van der Waals surface area contributed by atoms with Gasteiger partial charge in [0.2, 0.25) is 0 Å². The van der Waals surface area contributed by atoms with Crippen molar-refractivity contribution in [2.45, 2.75) is 6.92 Å². The van der Waals surface area contributed by atoms with Gasteiger partial charge in [-0.15, -0.1) is 0 Å². The Morgan fingerprint density at radius 1 is 0.964 bits per heavy atom. The molecule has 1 amide bonds. The minimum atomic E-state index is -1.44. The lowest BCUT2D eigenvalue weighted by atomic mass is 10.1. The van der Waals surface area contributed by atoms with Crippen LogP contribution in [-0.4, -0.2) is 15.9 Å². The van der Waals surface area contributed by atoms with E-state index in [1.807, 2.05) is 0 Å². The molecule has 144 valence electrons. The van der Waals surface area contributed by atoms with E-state index in [0.29, 0.717) is 0 Å². The number of hydrogen-bond donors (Lipinski definition) is 1. The largest absolute Gasteiger partial charge is 0.305 e. The predicted octanol–water partition coefficient (Wildman–Crippen LogP) is 5.05. The molecule has 0 atom stereocenters. The third-order valence-corrected chi connectivity index (χ3v) is 4.18. The third-order valence-electron chi connectivity index (χ3n) is 3.82. The number of benzene rings is 2. The summed E-state index contributed by atoms with van der Waals surface area (Å²) in [6.45, 7) is 1.03. The van der Waals surface area contributed by atoms with E-state index in [0.717, 1.165) is 37.5 Å². The molecule has 0 bridgehead atoms. The van der Waals surface area contributed by atoms with Gasteiger partial charge in [0, 0.05) is 5.56 Å². The van der Waals surface area contributed by atoms with Crippen molar-refractivity contribution in [3.05, 3.63) is 75.8 Å². The third kappa shape index (κ3) is 3.40. The number of anilines is 1. The van der Waals surface area contributed by atoms with Crippen LogP contribution in [0.1, 0.15) is 15.9 Å². The Labute approximate surface area is 160 Å². The van der Waals surface area contributed by atoms with E-state index < -0.39 is 56.7 Å². The van der Waals surface area contributed by atoms with Crippen LogP contribution in [0, 0.1) is 36.0 Å². The van der Waals surface area contributed by atoms with Crippen molar-refractivity contribution in [3.63, 3.8) is 0 Å². The van der Waals surface area contributed by atoms with Crippen LogP contribution in [0.3, 0.4) is 0 Å². The van der Waals surface area contributed by atoms with Gasteiger partial charge < -0.3 is 5.32 Å². The minimum Gasteiger partial charge on any atom is -0.305 e. The average Bonchev–Trinajstić information content (AvgIpc) is 2.66. The van der Waals surface area contributed by atoms with Gasteiger partial charge in [-0.25, -0.2) is 26.9 Å². The fourth-order valence-electron chi connectivity index (χ4n) is 2.39. The molecule has 0 aliphatic heterocycles. The highest BCUT2D eigenvalue weighted by Gasteiger charge is 2.24. The highest BCUT2D eigenvalue weighted by molar-refractivity contribution is 6.33. The lowest BCUT2D eigenvalue weighted by Crippen LogP contribution is -2.16. The smallest absolute Gasteiger partial charge is 0.262 e. The van der Waals surface area contributed by atoms with Crippen molar-refractivity contribution in [2.75, 3.05) is 5.32 Å². The summed E-state index contributed by atoms with van der Waals surface area (Å²) in [5.41, 5.74) is -2.16. The Balaban J connectivity index is 1.92. The average molecular weight is 414 g/mol. The van der Waals surface area contributed by atoms with Gasteiger partial charge in [0.05, 0.1) is 28.7 Å².